The number of hydrogen-bond donors (Lipinski definition) is 1. The summed E-state index contributed by atoms with van der Waals surface area (Å²) < 4.78 is 5.63. The van der Waals surface area contributed by atoms with Crippen LogP contribution in [-0.2, 0) is 9.59 Å². The van der Waals surface area contributed by atoms with E-state index in [1.807, 2.05) is 54.6 Å². The van der Waals surface area contributed by atoms with Crippen LogP contribution in [-0.4, -0.2) is 25.0 Å². The lowest BCUT2D eigenvalue weighted by atomic mass is 10.1. The first-order chi connectivity index (χ1) is 12.2. The van der Waals surface area contributed by atoms with Crippen LogP contribution in [0.5, 0.6) is 5.75 Å². The summed E-state index contributed by atoms with van der Waals surface area (Å²) in [5.74, 6) is 0.719. The Bertz CT molecular complexity index is 873. The molecule has 0 atom stereocenters. The first-order valence-electron chi connectivity index (χ1n) is 8.35. The normalized spacial score (nSPS) is 16.1. The van der Waals surface area contributed by atoms with Crippen molar-refractivity contribution in [2.24, 2.45) is 0 Å². The Morgan fingerprint density at radius 3 is 2.84 bits per heavy atom. The van der Waals surface area contributed by atoms with Crippen LogP contribution in [0.25, 0.3) is 6.08 Å². The molecule has 0 aliphatic carbocycles. The summed E-state index contributed by atoms with van der Waals surface area (Å²) in [4.78, 5) is 26.2. The number of nitrogens with zero attached hydrogens (tertiary/aromatic N) is 1. The first-order valence-corrected chi connectivity index (χ1v) is 8.35. The van der Waals surface area contributed by atoms with Gasteiger partial charge in [0.15, 0.2) is 0 Å². The van der Waals surface area contributed by atoms with Crippen LogP contribution in [0, 0.1) is 0 Å². The second-order valence-corrected chi connectivity index (χ2v) is 6.15. The molecule has 1 saturated heterocycles. The monoisotopic (exact) mass is 334 g/mol. The molecule has 0 saturated carbocycles. The minimum absolute atomic E-state index is 0.128. The highest BCUT2D eigenvalue weighted by molar-refractivity contribution is 6.08. The number of para-hydroxylation sites is 1. The van der Waals surface area contributed by atoms with E-state index < -0.39 is 0 Å². The molecule has 0 unspecified atom stereocenters. The summed E-state index contributed by atoms with van der Waals surface area (Å²) >= 11 is 0. The fraction of sp³-hybridized carbons (Fsp3) is 0.200. The molecule has 4 rings (SSSR count). The Kier molecular flexibility index (Phi) is 3.98. The molecule has 2 aliphatic heterocycles. The number of carbonyl (C=O) groups is 2. The van der Waals surface area contributed by atoms with Crippen molar-refractivity contribution in [2.75, 3.05) is 23.4 Å². The second-order valence-electron chi connectivity index (χ2n) is 6.15. The third-order valence-electron chi connectivity index (χ3n) is 4.41. The molecule has 1 N–H and O–H groups in total. The zero-order chi connectivity index (χ0) is 17.2. The predicted molar refractivity (Wildman–Crippen MR) is 96.6 cm³/mol. The maximum atomic E-state index is 12.5. The van der Waals surface area contributed by atoms with E-state index in [1.54, 1.807) is 4.90 Å². The number of benzene rings is 2. The van der Waals surface area contributed by atoms with Gasteiger partial charge >= 0.3 is 0 Å². The van der Waals surface area contributed by atoms with Crippen LogP contribution in [0.15, 0.2) is 54.1 Å². The van der Waals surface area contributed by atoms with Gasteiger partial charge in [0.1, 0.15) is 12.4 Å². The van der Waals surface area contributed by atoms with Crippen molar-refractivity contribution in [3.8, 4) is 5.75 Å². The van der Waals surface area contributed by atoms with Crippen molar-refractivity contribution in [2.45, 2.75) is 12.8 Å². The van der Waals surface area contributed by atoms with Crippen molar-refractivity contribution in [1.29, 1.82) is 0 Å². The van der Waals surface area contributed by atoms with E-state index in [-0.39, 0.29) is 18.4 Å². The standard InChI is InChI=1S/C20H18N2O3/c23-19-9-4-10-22(19)17-7-3-6-16(12-17)21-20(24)15-11-14-5-1-2-8-18(14)25-13-15/h1-3,5-8,11-12H,4,9-10,13H2,(H,21,24). The summed E-state index contributed by atoms with van der Waals surface area (Å²) in [6.45, 7) is 0.971. The zero-order valence-electron chi connectivity index (χ0n) is 13.7. The summed E-state index contributed by atoms with van der Waals surface area (Å²) in [6, 6.07) is 15.0. The highest BCUT2D eigenvalue weighted by atomic mass is 16.5. The van der Waals surface area contributed by atoms with Gasteiger partial charge in [0.05, 0.1) is 5.57 Å². The van der Waals surface area contributed by atoms with Gasteiger partial charge in [-0.3, -0.25) is 9.59 Å². The van der Waals surface area contributed by atoms with Gasteiger partial charge in [-0.25, -0.2) is 0 Å². The lowest BCUT2D eigenvalue weighted by molar-refractivity contribution is -0.117. The van der Waals surface area contributed by atoms with E-state index in [0.29, 0.717) is 17.7 Å². The van der Waals surface area contributed by atoms with Gasteiger partial charge in [-0.05, 0) is 36.8 Å². The van der Waals surface area contributed by atoms with Crippen LogP contribution in [0.1, 0.15) is 18.4 Å². The molecule has 25 heavy (non-hydrogen) atoms. The smallest absolute Gasteiger partial charge is 0.255 e. The molecule has 2 aliphatic rings. The Hall–Kier alpha value is -3.08. The van der Waals surface area contributed by atoms with Crippen LogP contribution in [0.2, 0.25) is 0 Å². The number of ether oxygens (including phenoxy) is 1. The molecule has 2 heterocycles. The molecule has 5 heteroatoms. The number of carbonyl (C=O) groups excluding carboxylic acids is 2. The molecule has 2 amide bonds. The second kappa shape index (κ2) is 6.43. The lowest BCUT2D eigenvalue weighted by Crippen LogP contribution is -2.24. The van der Waals surface area contributed by atoms with E-state index in [2.05, 4.69) is 5.32 Å². The molecule has 0 bridgehead atoms. The van der Waals surface area contributed by atoms with Gasteiger partial charge in [-0.2, -0.15) is 0 Å². The molecule has 5 nitrogen and oxygen atoms in total. The summed E-state index contributed by atoms with van der Waals surface area (Å²) in [5.41, 5.74) is 2.96. The highest BCUT2D eigenvalue weighted by Gasteiger charge is 2.22. The van der Waals surface area contributed by atoms with Gasteiger partial charge in [0, 0.05) is 29.9 Å². The predicted octanol–water partition coefficient (Wildman–Crippen LogP) is 3.23. The van der Waals surface area contributed by atoms with Crippen LogP contribution < -0.4 is 15.0 Å². The van der Waals surface area contributed by atoms with Gasteiger partial charge in [0.2, 0.25) is 5.91 Å². The van der Waals surface area contributed by atoms with Gasteiger partial charge in [-0.1, -0.05) is 24.3 Å². The molecule has 2 aromatic rings. The van der Waals surface area contributed by atoms with Gasteiger partial charge < -0.3 is 15.0 Å². The van der Waals surface area contributed by atoms with Crippen molar-refractivity contribution < 1.29 is 14.3 Å². The number of hydrogen-bond acceptors (Lipinski definition) is 3. The average molecular weight is 334 g/mol. The van der Waals surface area contributed by atoms with E-state index in [0.717, 1.165) is 30.0 Å². The van der Waals surface area contributed by atoms with Crippen LogP contribution in [0.3, 0.4) is 0 Å². The van der Waals surface area contributed by atoms with E-state index in [9.17, 15) is 9.59 Å². The minimum Gasteiger partial charge on any atom is -0.488 e. The van der Waals surface area contributed by atoms with Crippen molar-refractivity contribution in [1.82, 2.24) is 0 Å². The summed E-state index contributed by atoms with van der Waals surface area (Å²) in [5, 5.41) is 2.90. The number of anilines is 2. The van der Waals surface area contributed by atoms with Gasteiger partial charge in [0.25, 0.3) is 5.91 Å². The molecule has 0 spiro atoms. The zero-order valence-corrected chi connectivity index (χ0v) is 13.7. The number of nitrogens with one attached hydrogen (secondary N) is 1. The Morgan fingerprint density at radius 2 is 2.00 bits per heavy atom. The van der Waals surface area contributed by atoms with Gasteiger partial charge in [-0.15, -0.1) is 0 Å². The quantitative estimate of drug-likeness (QED) is 0.937. The number of amides is 2. The fourth-order valence-corrected chi connectivity index (χ4v) is 3.13. The SMILES string of the molecule is O=C(Nc1cccc(N2CCCC2=O)c1)C1=Cc2ccccc2OC1. The first kappa shape index (κ1) is 15.4. The van der Waals surface area contributed by atoms with Crippen molar-refractivity contribution in [3.05, 3.63) is 59.7 Å². The maximum absolute atomic E-state index is 12.5. The highest BCUT2D eigenvalue weighted by Crippen LogP contribution is 2.27. The molecule has 126 valence electrons. The fourth-order valence-electron chi connectivity index (χ4n) is 3.13. The third-order valence-corrected chi connectivity index (χ3v) is 4.41. The molecule has 0 aromatic heterocycles. The Morgan fingerprint density at radius 1 is 1.12 bits per heavy atom. The molecule has 1 fully saturated rings. The third kappa shape index (κ3) is 3.13. The minimum atomic E-state index is -0.195. The Labute approximate surface area is 145 Å². The molecular weight excluding hydrogens is 316 g/mol. The largest absolute Gasteiger partial charge is 0.488 e. The van der Waals surface area contributed by atoms with Crippen molar-refractivity contribution >= 4 is 29.3 Å². The summed E-state index contributed by atoms with van der Waals surface area (Å²) in [6.07, 6.45) is 3.31. The number of fused-ring (bicyclic) bond motifs is 1. The molecule has 0 radical (unpaired) electrons. The maximum Gasteiger partial charge on any atom is 0.255 e. The summed E-state index contributed by atoms with van der Waals surface area (Å²) in [7, 11) is 0. The van der Waals surface area contributed by atoms with Crippen LogP contribution >= 0.6 is 0 Å². The lowest BCUT2D eigenvalue weighted by Gasteiger charge is -2.19. The number of rotatable bonds is 3. The molecular formula is C20H18N2O3. The Balaban J connectivity index is 1.52. The van der Waals surface area contributed by atoms with Crippen molar-refractivity contribution in [3.63, 3.8) is 0 Å². The van der Waals surface area contributed by atoms with Crippen LogP contribution in [0.4, 0.5) is 11.4 Å². The van der Waals surface area contributed by atoms with E-state index in [1.165, 1.54) is 0 Å². The average Bonchev–Trinajstić information content (AvgIpc) is 3.07. The topological polar surface area (TPSA) is 58.6 Å². The molecule has 2 aromatic carbocycles. The van der Waals surface area contributed by atoms with E-state index in [4.69, 9.17) is 4.74 Å². The van der Waals surface area contributed by atoms with E-state index >= 15 is 0 Å².